The molecule has 0 bridgehead atoms. The molecule has 4 aromatic rings. The quantitative estimate of drug-likeness (QED) is 0.240. The molecule has 2 atom stereocenters. The molecule has 5 heteroatoms. The monoisotopic (exact) mass is 484 g/mol. The van der Waals surface area contributed by atoms with Gasteiger partial charge in [-0.25, -0.2) is 13.1 Å². The highest BCUT2D eigenvalue weighted by Crippen LogP contribution is 2.31. The number of unbranched alkanes of at least 4 members (excludes halogenated alkanes) is 1. The molecule has 2 unspecified atom stereocenters. The first-order valence-corrected chi connectivity index (χ1v) is 13.6. The maximum absolute atomic E-state index is 13.3. The van der Waals surface area contributed by atoms with Crippen molar-refractivity contribution < 1.29 is 8.42 Å². The highest BCUT2D eigenvalue weighted by molar-refractivity contribution is 7.89. The number of benzene rings is 4. The minimum atomic E-state index is -3.72. The van der Waals surface area contributed by atoms with Gasteiger partial charge in [0.25, 0.3) is 0 Å². The first kappa shape index (κ1) is 24.9. The lowest BCUT2D eigenvalue weighted by molar-refractivity contribution is 0.417. The van der Waals surface area contributed by atoms with E-state index in [1.165, 1.54) is 5.56 Å². The van der Waals surface area contributed by atoms with Crippen molar-refractivity contribution in [1.82, 2.24) is 10.0 Å². The van der Waals surface area contributed by atoms with Crippen LogP contribution in [0.5, 0.6) is 0 Å². The molecule has 4 aromatic carbocycles. The van der Waals surface area contributed by atoms with E-state index in [-0.39, 0.29) is 10.9 Å². The van der Waals surface area contributed by atoms with Gasteiger partial charge in [-0.1, -0.05) is 109 Å². The molecule has 0 saturated heterocycles. The van der Waals surface area contributed by atoms with Gasteiger partial charge in [-0.3, -0.25) is 0 Å². The van der Waals surface area contributed by atoms with Crippen LogP contribution >= 0.6 is 0 Å². The highest BCUT2D eigenvalue weighted by Gasteiger charge is 2.29. The summed E-state index contributed by atoms with van der Waals surface area (Å²) in [6, 6.07) is 38.2. The summed E-state index contributed by atoms with van der Waals surface area (Å²) in [7, 11) is -3.72. The Morgan fingerprint density at radius 3 is 1.63 bits per heavy atom. The maximum Gasteiger partial charge on any atom is 0.241 e. The Labute approximate surface area is 209 Å². The second-order valence-corrected chi connectivity index (χ2v) is 10.3. The van der Waals surface area contributed by atoms with E-state index in [1.807, 2.05) is 72.8 Å². The Kier molecular flexibility index (Phi) is 8.85. The number of aryl methyl sites for hydroxylation is 1. The molecular weight excluding hydrogens is 452 g/mol. The molecule has 0 aromatic heterocycles. The van der Waals surface area contributed by atoms with E-state index < -0.39 is 16.1 Å². The molecule has 0 aliphatic heterocycles. The van der Waals surface area contributed by atoms with Crippen LogP contribution in [0, 0.1) is 0 Å². The lowest BCUT2D eigenvalue weighted by Crippen LogP contribution is -2.39. The van der Waals surface area contributed by atoms with Crippen LogP contribution < -0.4 is 10.0 Å². The maximum atomic E-state index is 13.3. The Balaban J connectivity index is 1.56. The van der Waals surface area contributed by atoms with Crippen LogP contribution in [0.3, 0.4) is 0 Å². The van der Waals surface area contributed by atoms with Crippen molar-refractivity contribution in [1.29, 1.82) is 0 Å². The molecule has 0 saturated carbocycles. The summed E-state index contributed by atoms with van der Waals surface area (Å²) in [4.78, 5) is 0.260. The van der Waals surface area contributed by atoms with E-state index in [2.05, 4.69) is 34.3 Å². The van der Waals surface area contributed by atoms with Crippen LogP contribution in [0.25, 0.3) is 0 Å². The van der Waals surface area contributed by atoms with Gasteiger partial charge in [0.15, 0.2) is 0 Å². The van der Waals surface area contributed by atoms with Crippen molar-refractivity contribution in [2.45, 2.75) is 36.2 Å². The van der Waals surface area contributed by atoms with Crippen LogP contribution in [0.4, 0.5) is 0 Å². The summed E-state index contributed by atoms with van der Waals surface area (Å²) in [6.45, 7) is 0.781. The van der Waals surface area contributed by atoms with Crippen molar-refractivity contribution in [3.63, 3.8) is 0 Å². The van der Waals surface area contributed by atoms with Gasteiger partial charge in [0.05, 0.1) is 17.0 Å². The fourth-order valence-corrected chi connectivity index (χ4v) is 5.53. The van der Waals surface area contributed by atoms with Gasteiger partial charge in [-0.2, -0.15) is 0 Å². The summed E-state index contributed by atoms with van der Waals surface area (Å²) in [5.74, 6) is 0. The minimum Gasteiger partial charge on any atom is -0.308 e. The number of rotatable bonds is 12. The van der Waals surface area contributed by atoms with Crippen molar-refractivity contribution in [2.24, 2.45) is 0 Å². The first-order valence-electron chi connectivity index (χ1n) is 12.1. The third kappa shape index (κ3) is 7.12. The summed E-state index contributed by atoms with van der Waals surface area (Å²) >= 11 is 0. The fraction of sp³-hybridized carbons (Fsp3) is 0.200. The van der Waals surface area contributed by atoms with Crippen molar-refractivity contribution in [3.05, 3.63) is 138 Å². The number of nitrogens with one attached hydrogen (secondary N) is 2. The summed E-state index contributed by atoms with van der Waals surface area (Å²) in [5, 5.41) is 3.67. The molecule has 0 radical (unpaired) electrons. The zero-order valence-electron chi connectivity index (χ0n) is 19.8. The standard InChI is InChI=1S/C30H32N2O2S/c33-35(34,28-22-11-4-12-23-28)32-30(27-20-9-3-10-21-27)29(26-18-7-2-8-19-26)31-24-14-13-17-25-15-5-1-6-16-25/h1-12,15-16,18-23,29-32H,13-14,17,24H2. The van der Waals surface area contributed by atoms with Crippen molar-refractivity contribution in [3.8, 4) is 0 Å². The molecule has 35 heavy (non-hydrogen) atoms. The van der Waals surface area contributed by atoms with Crippen LogP contribution in [-0.4, -0.2) is 15.0 Å². The molecule has 2 N–H and O–H groups in total. The molecule has 0 aliphatic carbocycles. The lowest BCUT2D eigenvalue weighted by atomic mass is 9.94. The lowest BCUT2D eigenvalue weighted by Gasteiger charge is -2.30. The number of hydrogen-bond donors (Lipinski definition) is 2. The molecule has 0 spiro atoms. The van der Waals surface area contributed by atoms with Crippen LogP contribution in [0.15, 0.2) is 126 Å². The molecule has 4 rings (SSSR count). The number of hydrogen-bond acceptors (Lipinski definition) is 3. The molecule has 0 fully saturated rings. The van der Waals surface area contributed by atoms with Gasteiger partial charge < -0.3 is 5.32 Å². The molecule has 4 nitrogen and oxygen atoms in total. The second kappa shape index (κ2) is 12.5. The normalized spacial score (nSPS) is 13.3. The fourth-order valence-electron chi connectivity index (χ4n) is 4.27. The Bertz CT molecular complexity index is 1250. The van der Waals surface area contributed by atoms with Crippen LogP contribution in [-0.2, 0) is 16.4 Å². The SMILES string of the molecule is O=S(=O)(NC(c1ccccc1)C(NCCCCc1ccccc1)c1ccccc1)c1ccccc1. The van der Waals surface area contributed by atoms with Gasteiger partial charge in [-0.15, -0.1) is 0 Å². The highest BCUT2D eigenvalue weighted by atomic mass is 32.2. The van der Waals surface area contributed by atoms with E-state index in [9.17, 15) is 8.42 Å². The molecule has 0 heterocycles. The smallest absolute Gasteiger partial charge is 0.241 e. The van der Waals surface area contributed by atoms with E-state index in [1.54, 1.807) is 24.3 Å². The van der Waals surface area contributed by atoms with Crippen LogP contribution in [0.2, 0.25) is 0 Å². The Morgan fingerprint density at radius 2 is 1.06 bits per heavy atom. The van der Waals surface area contributed by atoms with Crippen molar-refractivity contribution >= 4 is 10.0 Å². The molecule has 0 aliphatic rings. The Morgan fingerprint density at radius 1 is 0.571 bits per heavy atom. The second-order valence-electron chi connectivity index (χ2n) is 8.61. The zero-order valence-corrected chi connectivity index (χ0v) is 20.6. The molecular formula is C30H32N2O2S. The average Bonchev–Trinajstić information content (AvgIpc) is 2.92. The predicted molar refractivity (Wildman–Crippen MR) is 143 cm³/mol. The van der Waals surface area contributed by atoms with Crippen molar-refractivity contribution in [2.75, 3.05) is 6.54 Å². The summed E-state index contributed by atoms with van der Waals surface area (Å²) in [5.41, 5.74) is 3.29. The topological polar surface area (TPSA) is 58.2 Å². The largest absolute Gasteiger partial charge is 0.308 e. The minimum absolute atomic E-state index is 0.228. The predicted octanol–water partition coefficient (Wildman–Crippen LogP) is 6.06. The Hall–Kier alpha value is -3.25. The van der Waals surface area contributed by atoms with Crippen LogP contribution in [0.1, 0.15) is 41.6 Å². The molecule has 0 amide bonds. The third-order valence-electron chi connectivity index (χ3n) is 6.09. The third-order valence-corrected chi connectivity index (χ3v) is 7.54. The molecule has 180 valence electrons. The number of sulfonamides is 1. The van der Waals surface area contributed by atoms with Gasteiger partial charge in [0.2, 0.25) is 10.0 Å². The van der Waals surface area contributed by atoms with Gasteiger partial charge in [0, 0.05) is 0 Å². The first-order chi connectivity index (χ1) is 17.1. The van der Waals surface area contributed by atoms with E-state index in [4.69, 9.17) is 0 Å². The average molecular weight is 485 g/mol. The zero-order chi connectivity index (χ0) is 24.3. The summed E-state index contributed by atoms with van der Waals surface area (Å²) < 4.78 is 29.7. The van der Waals surface area contributed by atoms with Gasteiger partial charge in [0.1, 0.15) is 0 Å². The van der Waals surface area contributed by atoms with Gasteiger partial charge in [-0.05, 0) is 54.6 Å². The van der Waals surface area contributed by atoms with Gasteiger partial charge >= 0.3 is 0 Å². The van der Waals surface area contributed by atoms with E-state index in [0.717, 1.165) is 36.9 Å². The summed E-state index contributed by atoms with van der Waals surface area (Å²) in [6.07, 6.45) is 3.08. The van der Waals surface area contributed by atoms with E-state index in [0.29, 0.717) is 0 Å². The van der Waals surface area contributed by atoms with E-state index >= 15 is 0 Å².